The smallest absolute Gasteiger partial charge is 0.227 e. The van der Waals surface area contributed by atoms with Crippen LogP contribution in [0.2, 0.25) is 0 Å². The van der Waals surface area contributed by atoms with E-state index in [1.54, 1.807) is 0 Å². The molecule has 1 heterocycles. The molecule has 0 atom stereocenters. The van der Waals surface area contributed by atoms with Crippen molar-refractivity contribution < 1.29 is 4.42 Å². The molecule has 8 aromatic rings. The third-order valence-corrected chi connectivity index (χ3v) is 8.07. The zero-order valence-corrected chi connectivity index (χ0v) is 24.0. The fourth-order valence-corrected chi connectivity index (χ4v) is 5.91. The fraction of sp³-hybridized carbons (Fsp3) is 0. The minimum Gasteiger partial charge on any atom is -0.434 e. The van der Waals surface area contributed by atoms with Crippen LogP contribution < -0.4 is 4.90 Å². The quantitative estimate of drug-likeness (QED) is 0.201. The average Bonchev–Trinajstić information content (AvgIpc) is 3.57. The molecule has 0 saturated carbocycles. The van der Waals surface area contributed by atoms with Crippen molar-refractivity contribution in [3.8, 4) is 33.7 Å². The molecule has 3 nitrogen and oxygen atoms in total. The zero-order valence-electron chi connectivity index (χ0n) is 24.0. The van der Waals surface area contributed by atoms with Crippen molar-refractivity contribution in [2.24, 2.45) is 0 Å². The number of nitrogens with zero attached hydrogens (tertiary/aromatic N) is 2. The maximum absolute atomic E-state index is 6.67. The lowest BCUT2D eigenvalue weighted by molar-refractivity contribution is 0.620. The summed E-state index contributed by atoms with van der Waals surface area (Å²) in [6, 6.07) is 59.1. The molecule has 7 aromatic carbocycles. The van der Waals surface area contributed by atoms with Crippen molar-refractivity contribution in [3.63, 3.8) is 0 Å². The summed E-state index contributed by atoms with van der Waals surface area (Å²) in [6.45, 7) is 0. The lowest BCUT2D eigenvalue weighted by Gasteiger charge is -2.26. The summed E-state index contributed by atoms with van der Waals surface area (Å²) >= 11 is 0. The molecular weight excluding hydrogens is 536 g/mol. The molecule has 44 heavy (non-hydrogen) atoms. The molecule has 1 aromatic heterocycles. The lowest BCUT2D eigenvalue weighted by Crippen LogP contribution is -2.10. The van der Waals surface area contributed by atoms with Crippen LogP contribution in [0.3, 0.4) is 0 Å². The highest BCUT2D eigenvalue weighted by molar-refractivity contribution is 6.11. The normalized spacial score (nSPS) is 11.2. The van der Waals surface area contributed by atoms with Crippen molar-refractivity contribution in [1.29, 1.82) is 0 Å². The van der Waals surface area contributed by atoms with Crippen molar-refractivity contribution in [1.82, 2.24) is 4.98 Å². The van der Waals surface area contributed by atoms with E-state index in [-0.39, 0.29) is 0 Å². The number of rotatable bonds is 6. The van der Waals surface area contributed by atoms with Gasteiger partial charge in [0.25, 0.3) is 0 Å². The molecule has 208 valence electrons. The van der Waals surface area contributed by atoms with Crippen LogP contribution in [0, 0.1) is 0 Å². The Morgan fingerprint density at radius 2 is 1.00 bits per heavy atom. The van der Waals surface area contributed by atoms with Crippen LogP contribution in [-0.2, 0) is 0 Å². The maximum Gasteiger partial charge on any atom is 0.227 e. The van der Waals surface area contributed by atoms with E-state index in [9.17, 15) is 0 Å². The van der Waals surface area contributed by atoms with Crippen molar-refractivity contribution >= 4 is 38.9 Å². The van der Waals surface area contributed by atoms with Gasteiger partial charge in [-0.3, -0.25) is 0 Å². The van der Waals surface area contributed by atoms with Gasteiger partial charge >= 0.3 is 0 Å². The predicted molar refractivity (Wildman–Crippen MR) is 183 cm³/mol. The van der Waals surface area contributed by atoms with E-state index in [1.165, 1.54) is 16.7 Å². The van der Waals surface area contributed by atoms with E-state index in [0.29, 0.717) is 5.89 Å². The first kappa shape index (κ1) is 25.8. The summed E-state index contributed by atoms with van der Waals surface area (Å²) in [5.41, 5.74) is 10.2. The SMILES string of the molecule is c1ccc(-c2ccc(N(c3cccc(-c4ccccc4)c3)c3cc4ccccc4c4nc(-c5ccccc5)oc34)cc2)cc1. The molecule has 8 rings (SSSR count). The minimum absolute atomic E-state index is 0.607. The number of aromatic nitrogens is 1. The second-order valence-electron chi connectivity index (χ2n) is 10.8. The second-order valence-corrected chi connectivity index (χ2v) is 10.8. The Kier molecular flexibility index (Phi) is 6.47. The van der Waals surface area contributed by atoms with E-state index in [4.69, 9.17) is 9.40 Å². The molecular formula is C41H28N2O. The first-order chi connectivity index (χ1) is 21.8. The number of hydrogen-bond acceptors (Lipinski definition) is 3. The third-order valence-electron chi connectivity index (χ3n) is 8.07. The van der Waals surface area contributed by atoms with Gasteiger partial charge < -0.3 is 9.32 Å². The highest BCUT2D eigenvalue weighted by atomic mass is 16.3. The number of fused-ring (bicyclic) bond motifs is 3. The molecule has 0 unspecified atom stereocenters. The largest absolute Gasteiger partial charge is 0.434 e. The zero-order chi connectivity index (χ0) is 29.3. The summed E-state index contributed by atoms with van der Waals surface area (Å²) in [7, 11) is 0. The third kappa shape index (κ3) is 4.71. The Morgan fingerprint density at radius 3 is 1.70 bits per heavy atom. The van der Waals surface area contributed by atoms with Crippen LogP contribution in [0.1, 0.15) is 0 Å². The summed E-state index contributed by atoms with van der Waals surface area (Å²) in [6.07, 6.45) is 0. The molecule has 0 amide bonds. The van der Waals surface area contributed by atoms with E-state index in [1.807, 2.05) is 42.5 Å². The Balaban J connectivity index is 1.37. The average molecular weight is 565 g/mol. The second kappa shape index (κ2) is 11.0. The van der Waals surface area contributed by atoms with Crippen molar-refractivity contribution in [3.05, 3.63) is 170 Å². The van der Waals surface area contributed by atoms with E-state index < -0.39 is 0 Å². The van der Waals surface area contributed by atoms with Crippen LogP contribution in [0.25, 0.3) is 55.6 Å². The van der Waals surface area contributed by atoms with Crippen molar-refractivity contribution in [2.45, 2.75) is 0 Å². The predicted octanol–water partition coefficient (Wildman–Crippen LogP) is 11.5. The van der Waals surface area contributed by atoms with Gasteiger partial charge in [0.1, 0.15) is 5.52 Å². The van der Waals surface area contributed by atoms with Gasteiger partial charge in [0.15, 0.2) is 5.58 Å². The Bertz CT molecular complexity index is 2200. The summed E-state index contributed by atoms with van der Waals surface area (Å²) in [4.78, 5) is 7.35. The van der Waals surface area contributed by atoms with Gasteiger partial charge in [-0.15, -0.1) is 0 Å². The Hall–Kier alpha value is -5.93. The molecule has 0 aliphatic rings. The first-order valence-electron chi connectivity index (χ1n) is 14.8. The van der Waals surface area contributed by atoms with Crippen LogP contribution >= 0.6 is 0 Å². The van der Waals surface area contributed by atoms with Crippen LogP contribution in [0.15, 0.2) is 174 Å². The molecule has 0 saturated heterocycles. The molecule has 3 heteroatoms. The monoisotopic (exact) mass is 564 g/mol. The van der Waals surface area contributed by atoms with Gasteiger partial charge in [0.2, 0.25) is 5.89 Å². The minimum atomic E-state index is 0.607. The van der Waals surface area contributed by atoms with E-state index >= 15 is 0 Å². The van der Waals surface area contributed by atoms with Crippen LogP contribution in [0.4, 0.5) is 17.1 Å². The summed E-state index contributed by atoms with van der Waals surface area (Å²) in [5, 5.41) is 2.17. The van der Waals surface area contributed by atoms with Crippen LogP contribution in [-0.4, -0.2) is 4.98 Å². The topological polar surface area (TPSA) is 29.3 Å². The fourth-order valence-electron chi connectivity index (χ4n) is 5.91. The molecule has 0 aliphatic carbocycles. The molecule has 0 fully saturated rings. The Morgan fingerprint density at radius 1 is 0.432 bits per heavy atom. The molecule has 0 N–H and O–H groups in total. The van der Waals surface area contributed by atoms with Gasteiger partial charge in [-0.2, -0.15) is 0 Å². The standard InChI is InChI=1S/C41H28N2O/c1-4-13-29(14-5-1)31-23-25-35(26-24-31)43(36-21-12-20-33(27-36)30-15-6-2-7-16-30)38-28-34-19-10-11-22-37(34)39-40(38)44-41(42-39)32-17-8-3-9-18-32/h1-28H. The Labute approximate surface area is 256 Å². The van der Waals surface area contributed by atoms with E-state index in [0.717, 1.165) is 50.1 Å². The van der Waals surface area contributed by atoms with Gasteiger partial charge in [-0.25, -0.2) is 4.98 Å². The number of benzene rings is 7. The molecule has 0 aliphatic heterocycles. The highest BCUT2D eigenvalue weighted by Crippen LogP contribution is 2.44. The summed E-state index contributed by atoms with van der Waals surface area (Å²) < 4.78 is 6.67. The summed E-state index contributed by atoms with van der Waals surface area (Å²) in [5.74, 6) is 0.607. The number of oxazole rings is 1. The van der Waals surface area contributed by atoms with Gasteiger partial charge in [0, 0.05) is 22.3 Å². The molecule has 0 bridgehead atoms. The maximum atomic E-state index is 6.67. The number of anilines is 3. The first-order valence-corrected chi connectivity index (χ1v) is 14.8. The lowest BCUT2D eigenvalue weighted by atomic mass is 10.0. The molecule has 0 spiro atoms. The van der Waals surface area contributed by atoms with Gasteiger partial charge in [0.05, 0.1) is 5.69 Å². The highest BCUT2D eigenvalue weighted by Gasteiger charge is 2.22. The van der Waals surface area contributed by atoms with Gasteiger partial charge in [-0.05, 0) is 70.1 Å². The van der Waals surface area contributed by atoms with E-state index in [2.05, 4.69) is 132 Å². The molecule has 0 radical (unpaired) electrons. The van der Waals surface area contributed by atoms with Gasteiger partial charge in [-0.1, -0.05) is 127 Å². The number of hydrogen-bond donors (Lipinski definition) is 0. The van der Waals surface area contributed by atoms with Crippen molar-refractivity contribution in [2.75, 3.05) is 4.90 Å². The van der Waals surface area contributed by atoms with Crippen LogP contribution in [0.5, 0.6) is 0 Å².